The van der Waals surface area contributed by atoms with Gasteiger partial charge < -0.3 is 10.6 Å². The number of amides is 2. The lowest BCUT2D eigenvalue weighted by molar-refractivity contribution is -0.126. The highest BCUT2D eigenvalue weighted by molar-refractivity contribution is 6.39. The molecule has 0 atom stereocenters. The maximum absolute atomic E-state index is 11.6. The van der Waals surface area contributed by atoms with E-state index in [-0.39, 0.29) is 12.3 Å². The average Bonchev–Trinajstić information content (AvgIpc) is 2.31. The summed E-state index contributed by atoms with van der Waals surface area (Å²) in [6.07, 6.45) is 0.575. The number of benzene rings is 1. The first-order valence-corrected chi connectivity index (χ1v) is 6.30. The first-order valence-electron chi connectivity index (χ1n) is 5.55. The zero-order valence-corrected chi connectivity index (χ0v) is 11.4. The molecule has 18 heavy (non-hydrogen) atoms. The largest absolute Gasteiger partial charge is 0.356 e. The average molecular weight is 289 g/mol. The molecule has 0 aromatic heterocycles. The van der Waals surface area contributed by atoms with Crippen LogP contribution in [0.1, 0.15) is 19.8 Å². The molecule has 2 amide bonds. The topological polar surface area (TPSA) is 58.2 Å². The van der Waals surface area contributed by atoms with Gasteiger partial charge in [-0.3, -0.25) is 9.59 Å². The van der Waals surface area contributed by atoms with Gasteiger partial charge in [-0.25, -0.2) is 0 Å². The molecule has 0 saturated carbocycles. The van der Waals surface area contributed by atoms with Gasteiger partial charge in [0.1, 0.15) is 6.42 Å². The lowest BCUT2D eigenvalue weighted by atomic mass is 10.3. The molecule has 6 heteroatoms. The smallest absolute Gasteiger partial charge is 0.233 e. The van der Waals surface area contributed by atoms with E-state index >= 15 is 0 Å². The number of hydrogen-bond acceptors (Lipinski definition) is 2. The third-order valence-corrected chi connectivity index (χ3v) is 2.75. The zero-order chi connectivity index (χ0) is 13.5. The molecule has 0 spiro atoms. The quantitative estimate of drug-likeness (QED) is 0.819. The summed E-state index contributed by atoms with van der Waals surface area (Å²) in [5, 5.41) is 5.81. The molecule has 2 N–H and O–H groups in total. The first-order chi connectivity index (χ1) is 8.54. The van der Waals surface area contributed by atoms with Gasteiger partial charge in [0.15, 0.2) is 0 Å². The van der Waals surface area contributed by atoms with Gasteiger partial charge in [0, 0.05) is 6.54 Å². The number of rotatable bonds is 5. The van der Waals surface area contributed by atoms with Crippen molar-refractivity contribution in [3.63, 3.8) is 0 Å². The number of carbonyl (C=O) groups is 2. The second-order valence-electron chi connectivity index (χ2n) is 3.67. The van der Waals surface area contributed by atoms with E-state index in [0.717, 1.165) is 6.42 Å². The van der Waals surface area contributed by atoms with Crippen molar-refractivity contribution in [3.05, 3.63) is 28.2 Å². The van der Waals surface area contributed by atoms with Gasteiger partial charge >= 0.3 is 0 Å². The van der Waals surface area contributed by atoms with Gasteiger partial charge in [-0.05, 0) is 18.6 Å². The van der Waals surface area contributed by atoms with Crippen molar-refractivity contribution in [2.45, 2.75) is 19.8 Å². The summed E-state index contributed by atoms with van der Waals surface area (Å²) in [6, 6.07) is 4.90. The molecule has 1 aromatic carbocycles. The van der Waals surface area contributed by atoms with Crippen molar-refractivity contribution in [1.82, 2.24) is 5.32 Å². The Morgan fingerprint density at radius 1 is 1.17 bits per heavy atom. The summed E-state index contributed by atoms with van der Waals surface area (Å²) in [5.41, 5.74) is 0.328. The SMILES string of the molecule is CCCNC(=O)CC(=O)Nc1c(Cl)cccc1Cl. The van der Waals surface area contributed by atoms with E-state index in [4.69, 9.17) is 23.2 Å². The lowest BCUT2D eigenvalue weighted by Gasteiger charge is -2.09. The Balaban J connectivity index is 2.57. The fourth-order valence-corrected chi connectivity index (χ4v) is 1.77. The predicted molar refractivity (Wildman–Crippen MR) is 73.0 cm³/mol. The summed E-state index contributed by atoms with van der Waals surface area (Å²) in [5.74, 6) is -0.767. The summed E-state index contributed by atoms with van der Waals surface area (Å²) in [6.45, 7) is 2.49. The van der Waals surface area contributed by atoms with Gasteiger partial charge in [-0.1, -0.05) is 36.2 Å². The molecule has 0 saturated heterocycles. The molecule has 4 nitrogen and oxygen atoms in total. The van der Waals surface area contributed by atoms with Crippen LogP contribution in [0.3, 0.4) is 0 Å². The molecule has 1 aromatic rings. The van der Waals surface area contributed by atoms with Crippen molar-refractivity contribution in [3.8, 4) is 0 Å². The van der Waals surface area contributed by atoms with Crippen LogP contribution in [0, 0.1) is 0 Å². The van der Waals surface area contributed by atoms with Gasteiger partial charge in [0.25, 0.3) is 0 Å². The minimum absolute atomic E-state index is 0.248. The molecule has 1 rings (SSSR count). The van der Waals surface area contributed by atoms with Gasteiger partial charge in [-0.2, -0.15) is 0 Å². The predicted octanol–water partition coefficient (Wildman–Crippen LogP) is 2.85. The van der Waals surface area contributed by atoms with E-state index in [2.05, 4.69) is 10.6 Å². The van der Waals surface area contributed by atoms with Crippen LogP contribution in [0.4, 0.5) is 5.69 Å². The maximum atomic E-state index is 11.6. The molecule has 0 bridgehead atoms. The Morgan fingerprint density at radius 2 is 1.78 bits per heavy atom. The van der Waals surface area contributed by atoms with E-state index in [9.17, 15) is 9.59 Å². The molecular weight excluding hydrogens is 275 g/mol. The molecule has 0 heterocycles. The summed E-state index contributed by atoms with van der Waals surface area (Å²) in [4.78, 5) is 22.9. The Hall–Kier alpha value is -1.26. The molecular formula is C12H14Cl2N2O2. The van der Waals surface area contributed by atoms with E-state index in [1.807, 2.05) is 6.92 Å². The highest BCUT2D eigenvalue weighted by Gasteiger charge is 2.12. The number of nitrogens with one attached hydrogen (secondary N) is 2. The molecule has 0 unspecified atom stereocenters. The normalized spacial score (nSPS) is 9.94. The number of anilines is 1. The van der Waals surface area contributed by atoms with Gasteiger partial charge in [0.2, 0.25) is 11.8 Å². The molecule has 98 valence electrons. The van der Waals surface area contributed by atoms with Crippen molar-refractivity contribution >= 4 is 40.7 Å². The third-order valence-electron chi connectivity index (χ3n) is 2.12. The minimum Gasteiger partial charge on any atom is -0.356 e. The van der Waals surface area contributed by atoms with Crippen LogP contribution in [0.15, 0.2) is 18.2 Å². The van der Waals surface area contributed by atoms with E-state index in [0.29, 0.717) is 22.3 Å². The molecule has 0 aliphatic carbocycles. The Kier molecular flexibility index (Phi) is 5.95. The summed E-state index contributed by atoms with van der Waals surface area (Å²) >= 11 is 11.8. The van der Waals surface area contributed by atoms with Gasteiger partial charge in [0.05, 0.1) is 15.7 Å². The summed E-state index contributed by atoms with van der Waals surface area (Å²) < 4.78 is 0. The van der Waals surface area contributed by atoms with Gasteiger partial charge in [-0.15, -0.1) is 0 Å². The Morgan fingerprint density at radius 3 is 2.33 bits per heavy atom. The number of para-hydroxylation sites is 1. The standard InChI is InChI=1S/C12H14Cl2N2O2/c1-2-6-15-10(17)7-11(18)16-12-8(13)4-3-5-9(12)14/h3-5H,2,6-7H2,1H3,(H,15,17)(H,16,18). The molecule has 0 aliphatic heterocycles. The summed E-state index contributed by atoms with van der Waals surface area (Å²) in [7, 11) is 0. The lowest BCUT2D eigenvalue weighted by Crippen LogP contribution is -2.28. The van der Waals surface area contributed by atoms with Crippen LogP contribution >= 0.6 is 23.2 Å². The monoisotopic (exact) mass is 288 g/mol. The van der Waals surface area contributed by atoms with Crippen LogP contribution < -0.4 is 10.6 Å². The first kappa shape index (κ1) is 14.8. The second kappa shape index (κ2) is 7.24. The zero-order valence-electron chi connectivity index (χ0n) is 9.93. The minimum atomic E-state index is -0.446. The molecule has 0 radical (unpaired) electrons. The van der Waals surface area contributed by atoms with E-state index in [1.165, 1.54) is 0 Å². The fraction of sp³-hybridized carbons (Fsp3) is 0.333. The van der Waals surface area contributed by atoms with Crippen molar-refractivity contribution in [1.29, 1.82) is 0 Å². The van der Waals surface area contributed by atoms with Crippen LogP contribution in [0.25, 0.3) is 0 Å². The Bertz CT molecular complexity index is 429. The number of carbonyl (C=O) groups excluding carboxylic acids is 2. The molecule has 0 aliphatic rings. The maximum Gasteiger partial charge on any atom is 0.233 e. The fourth-order valence-electron chi connectivity index (χ4n) is 1.27. The van der Waals surface area contributed by atoms with Crippen LogP contribution in [-0.4, -0.2) is 18.4 Å². The highest BCUT2D eigenvalue weighted by atomic mass is 35.5. The van der Waals surface area contributed by atoms with Crippen molar-refractivity contribution in [2.24, 2.45) is 0 Å². The second-order valence-corrected chi connectivity index (χ2v) is 4.49. The van der Waals surface area contributed by atoms with Crippen molar-refractivity contribution < 1.29 is 9.59 Å². The number of halogens is 2. The van der Waals surface area contributed by atoms with Crippen LogP contribution in [0.2, 0.25) is 10.0 Å². The third kappa shape index (κ3) is 4.55. The van der Waals surface area contributed by atoms with Crippen LogP contribution in [-0.2, 0) is 9.59 Å². The highest BCUT2D eigenvalue weighted by Crippen LogP contribution is 2.29. The molecule has 0 fully saturated rings. The van der Waals surface area contributed by atoms with E-state index < -0.39 is 5.91 Å². The van der Waals surface area contributed by atoms with Crippen LogP contribution in [0.5, 0.6) is 0 Å². The number of hydrogen-bond donors (Lipinski definition) is 2. The van der Waals surface area contributed by atoms with Crippen molar-refractivity contribution in [2.75, 3.05) is 11.9 Å². The van der Waals surface area contributed by atoms with E-state index in [1.54, 1.807) is 18.2 Å². The Labute approximate surface area is 116 Å².